The maximum absolute atomic E-state index is 6.01. The Hall–Kier alpha value is -3.64. The van der Waals surface area contributed by atoms with Crippen molar-refractivity contribution >= 4 is 16.6 Å². The molecule has 0 amide bonds. The summed E-state index contributed by atoms with van der Waals surface area (Å²) >= 11 is 0. The second kappa shape index (κ2) is 8.71. The van der Waals surface area contributed by atoms with Crippen LogP contribution in [0, 0.1) is 0 Å². The molecule has 6 nitrogen and oxygen atoms in total. The minimum absolute atomic E-state index is 0.727. The summed E-state index contributed by atoms with van der Waals surface area (Å²) in [5.74, 6) is 1.67. The number of hydrogen-bond acceptors (Lipinski definition) is 5. The van der Waals surface area contributed by atoms with Crippen molar-refractivity contribution in [2.24, 2.45) is 0 Å². The molecule has 0 spiro atoms. The number of aromatic nitrogens is 3. The van der Waals surface area contributed by atoms with Crippen molar-refractivity contribution < 1.29 is 9.15 Å². The van der Waals surface area contributed by atoms with Crippen LogP contribution in [0.5, 0.6) is 5.75 Å². The van der Waals surface area contributed by atoms with E-state index in [1.165, 1.54) is 32.4 Å². The SMILES string of the molecule is c1ccc2oc(-c3cnn4cc(-c5ccc(OCCN6CCCCC6)cc5)cnc34)cc2c1. The van der Waals surface area contributed by atoms with E-state index in [0.717, 1.165) is 58.0 Å². The van der Waals surface area contributed by atoms with Gasteiger partial charge in [0.1, 0.15) is 23.7 Å². The summed E-state index contributed by atoms with van der Waals surface area (Å²) in [4.78, 5) is 7.18. The molecule has 0 bridgehead atoms. The van der Waals surface area contributed by atoms with Crippen molar-refractivity contribution in [2.45, 2.75) is 19.3 Å². The van der Waals surface area contributed by atoms with E-state index in [1.54, 1.807) is 4.52 Å². The molecular formula is C27H26N4O2. The van der Waals surface area contributed by atoms with Gasteiger partial charge < -0.3 is 9.15 Å². The molecule has 0 unspecified atom stereocenters. The Morgan fingerprint density at radius 3 is 2.61 bits per heavy atom. The lowest BCUT2D eigenvalue weighted by molar-refractivity contribution is 0.183. The van der Waals surface area contributed by atoms with Crippen LogP contribution in [0.1, 0.15) is 19.3 Å². The highest BCUT2D eigenvalue weighted by Gasteiger charge is 2.14. The van der Waals surface area contributed by atoms with Gasteiger partial charge in [-0.15, -0.1) is 0 Å². The lowest BCUT2D eigenvalue weighted by atomic mass is 10.1. The zero-order valence-electron chi connectivity index (χ0n) is 18.5. The average molecular weight is 439 g/mol. The number of hydrogen-bond donors (Lipinski definition) is 0. The molecule has 166 valence electrons. The monoisotopic (exact) mass is 438 g/mol. The third-order valence-electron chi connectivity index (χ3n) is 6.36. The van der Waals surface area contributed by atoms with Crippen molar-refractivity contribution in [1.82, 2.24) is 19.5 Å². The fourth-order valence-corrected chi connectivity index (χ4v) is 4.53. The van der Waals surface area contributed by atoms with Crippen LogP contribution in [0.4, 0.5) is 0 Å². The summed E-state index contributed by atoms with van der Waals surface area (Å²) in [6.45, 7) is 4.12. The molecule has 3 aromatic heterocycles. The Morgan fingerprint density at radius 2 is 1.76 bits per heavy atom. The smallest absolute Gasteiger partial charge is 0.166 e. The summed E-state index contributed by atoms with van der Waals surface area (Å²) in [7, 11) is 0. The third-order valence-corrected chi connectivity index (χ3v) is 6.36. The Bertz CT molecular complexity index is 1350. The van der Waals surface area contributed by atoms with Gasteiger partial charge >= 0.3 is 0 Å². The van der Waals surface area contributed by atoms with Gasteiger partial charge in [0.05, 0.1) is 11.8 Å². The first-order valence-electron chi connectivity index (χ1n) is 11.6. The lowest BCUT2D eigenvalue weighted by Crippen LogP contribution is -2.33. The highest BCUT2D eigenvalue weighted by Crippen LogP contribution is 2.31. The number of ether oxygens (including phenoxy) is 1. The summed E-state index contributed by atoms with van der Waals surface area (Å²) in [6, 6.07) is 18.2. The molecule has 1 aliphatic rings. The van der Waals surface area contributed by atoms with E-state index in [-0.39, 0.29) is 0 Å². The van der Waals surface area contributed by atoms with E-state index >= 15 is 0 Å². The van der Waals surface area contributed by atoms with Crippen LogP contribution in [0.2, 0.25) is 0 Å². The minimum atomic E-state index is 0.727. The predicted octanol–water partition coefficient (Wildman–Crippen LogP) is 5.67. The van der Waals surface area contributed by atoms with E-state index in [2.05, 4.69) is 22.1 Å². The molecule has 5 aromatic rings. The number of rotatable bonds is 6. The van der Waals surface area contributed by atoms with Crippen LogP contribution >= 0.6 is 0 Å². The number of para-hydroxylation sites is 1. The Morgan fingerprint density at radius 1 is 0.909 bits per heavy atom. The number of likely N-dealkylation sites (tertiary alicyclic amines) is 1. The third kappa shape index (κ3) is 4.10. The fraction of sp³-hybridized carbons (Fsp3) is 0.259. The zero-order chi connectivity index (χ0) is 22.0. The molecule has 0 atom stereocenters. The molecule has 2 aromatic carbocycles. The first kappa shape index (κ1) is 20.0. The van der Waals surface area contributed by atoms with E-state index in [0.29, 0.717) is 0 Å². The Balaban J connectivity index is 1.17. The van der Waals surface area contributed by atoms with E-state index in [9.17, 15) is 0 Å². The molecule has 0 radical (unpaired) electrons. The first-order chi connectivity index (χ1) is 16.3. The van der Waals surface area contributed by atoms with Crippen LogP contribution < -0.4 is 4.74 Å². The molecule has 0 N–H and O–H groups in total. The minimum Gasteiger partial charge on any atom is -0.492 e. The van der Waals surface area contributed by atoms with Crippen LogP contribution in [0.15, 0.2) is 77.6 Å². The molecule has 0 aliphatic carbocycles. The van der Waals surface area contributed by atoms with Crippen molar-refractivity contribution in [1.29, 1.82) is 0 Å². The molecule has 1 fully saturated rings. The Kier molecular flexibility index (Phi) is 5.28. The van der Waals surface area contributed by atoms with Gasteiger partial charge in [0.15, 0.2) is 5.65 Å². The summed E-state index contributed by atoms with van der Waals surface area (Å²) in [6.07, 6.45) is 9.67. The van der Waals surface area contributed by atoms with Crippen molar-refractivity contribution in [3.63, 3.8) is 0 Å². The van der Waals surface area contributed by atoms with E-state index in [1.807, 2.05) is 61.1 Å². The van der Waals surface area contributed by atoms with Gasteiger partial charge in [0, 0.05) is 29.9 Å². The van der Waals surface area contributed by atoms with Gasteiger partial charge in [-0.2, -0.15) is 5.10 Å². The standard InChI is InChI=1S/C27H26N4O2/c1-4-12-30(13-5-1)14-15-32-23-10-8-20(9-11-23)22-17-28-27-24(18-29-31(27)19-22)26-16-21-6-2-3-7-25(21)33-26/h2-3,6-11,16-19H,1,4-5,12-15H2. The van der Waals surface area contributed by atoms with Gasteiger partial charge in [0.25, 0.3) is 0 Å². The summed E-state index contributed by atoms with van der Waals surface area (Å²) in [5.41, 5.74) is 4.60. The molecule has 6 heteroatoms. The normalized spacial score (nSPS) is 14.8. The maximum atomic E-state index is 6.01. The van der Waals surface area contributed by atoms with Gasteiger partial charge in [0.2, 0.25) is 0 Å². The van der Waals surface area contributed by atoms with Crippen molar-refractivity contribution in [3.8, 4) is 28.2 Å². The lowest BCUT2D eigenvalue weighted by Gasteiger charge is -2.26. The van der Waals surface area contributed by atoms with Crippen LogP contribution in [-0.4, -0.2) is 45.7 Å². The maximum Gasteiger partial charge on any atom is 0.166 e. The first-order valence-corrected chi connectivity index (χ1v) is 11.6. The highest BCUT2D eigenvalue weighted by atomic mass is 16.5. The topological polar surface area (TPSA) is 55.8 Å². The van der Waals surface area contributed by atoms with E-state index in [4.69, 9.17) is 14.1 Å². The van der Waals surface area contributed by atoms with Crippen molar-refractivity contribution in [2.75, 3.05) is 26.2 Å². The van der Waals surface area contributed by atoms with Crippen LogP contribution in [-0.2, 0) is 0 Å². The average Bonchev–Trinajstić information content (AvgIpc) is 3.49. The van der Waals surface area contributed by atoms with Crippen LogP contribution in [0.3, 0.4) is 0 Å². The number of benzene rings is 2. The number of fused-ring (bicyclic) bond motifs is 2. The molecule has 6 rings (SSSR count). The van der Waals surface area contributed by atoms with Gasteiger partial charge in [-0.1, -0.05) is 36.8 Å². The Labute approximate surface area is 192 Å². The molecule has 33 heavy (non-hydrogen) atoms. The highest BCUT2D eigenvalue weighted by molar-refractivity contribution is 5.86. The number of nitrogens with zero attached hydrogens (tertiary/aromatic N) is 4. The quantitative estimate of drug-likeness (QED) is 0.342. The van der Waals surface area contributed by atoms with Crippen molar-refractivity contribution in [3.05, 3.63) is 73.2 Å². The zero-order valence-corrected chi connectivity index (χ0v) is 18.5. The predicted molar refractivity (Wildman–Crippen MR) is 129 cm³/mol. The van der Waals surface area contributed by atoms with Gasteiger partial charge in [-0.05, 0) is 55.8 Å². The van der Waals surface area contributed by atoms with E-state index < -0.39 is 0 Å². The second-order valence-electron chi connectivity index (χ2n) is 8.59. The van der Waals surface area contributed by atoms with Gasteiger partial charge in [-0.3, -0.25) is 4.90 Å². The molecule has 4 heterocycles. The molecule has 1 aliphatic heterocycles. The summed E-state index contributed by atoms with van der Waals surface area (Å²) in [5, 5.41) is 5.59. The molecule has 0 saturated carbocycles. The molecular weight excluding hydrogens is 412 g/mol. The fourth-order valence-electron chi connectivity index (χ4n) is 4.53. The van der Waals surface area contributed by atoms with Gasteiger partial charge in [-0.25, -0.2) is 9.50 Å². The number of furan rings is 1. The molecule has 1 saturated heterocycles. The second-order valence-corrected chi connectivity index (χ2v) is 8.59. The number of piperidine rings is 1. The summed E-state index contributed by atoms with van der Waals surface area (Å²) < 4.78 is 13.8. The van der Waals surface area contributed by atoms with Crippen LogP contribution in [0.25, 0.3) is 39.1 Å². The largest absolute Gasteiger partial charge is 0.492 e.